The average molecular weight is 860 g/mol. The quantitative estimate of drug-likeness (QED) is 0.135. The second-order valence-electron chi connectivity index (χ2n) is 16.2. The molecule has 0 saturated carbocycles. The molecule has 0 bridgehead atoms. The van der Waals surface area contributed by atoms with Gasteiger partial charge in [-0.1, -0.05) is 200 Å². The molecule has 11 aromatic rings. The monoisotopic (exact) mass is 859 g/mol. The number of hydrogen-bond acceptors (Lipinski definition) is 7. The highest BCUT2D eigenvalue weighted by molar-refractivity contribution is 5.92. The van der Waals surface area contributed by atoms with Gasteiger partial charge < -0.3 is 0 Å². The van der Waals surface area contributed by atoms with E-state index in [9.17, 15) is 0 Å². The molecule has 0 saturated heterocycles. The molecular formula is C60H41N7. The second-order valence-corrected chi connectivity index (χ2v) is 16.2. The third-order valence-corrected chi connectivity index (χ3v) is 11.7. The molecule has 67 heavy (non-hydrogen) atoms. The highest BCUT2D eigenvalue weighted by Crippen LogP contribution is 2.41. The molecule has 7 heteroatoms. The van der Waals surface area contributed by atoms with Crippen molar-refractivity contribution < 1.29 is 0 Å². The summed E-state index contributed by atoms with van der Waals surface area (Å²) in [4.78, 5) is 35.6. The van der Waals surface area contributed by atoms with E-state index in [1.165, 1.54) is 0 Å². The van der Waals surface area contributed by atoms with Crippen LogP contribution >= 0.6 is 0 Å². The first kappa shape index (κ1) is 40.7. The predicted octanol–water partition coefficient (Wildman–Crippen LogP) is 14.4. The first-order valence-electron chi connectivity index (χ1n) is 22.2. The Kier molecular flexibility index (Phi) is 11.1. The molecule has 0 atom stereocenters. The summed E-state index contributed by atoms with van der Waals surface area (Å²) < 4.78 is 0. The van der Waals surface area contributed by atoms with Gasteiger partial charge in [0.15, 0.2) is 34.9 Å². The summed E-state index contributed by atoms with van der Waals surface area (Å²) in [6.07, 6.45) is 0. The van der Waals surface area contributed by atoms with E-state index < -0.39 is 0 Å². The zero-order valence-corrected chi connectivity index (χ0v) is 36.6. The van der Waals surface area contributed by atoms with Gasteiger partial charge in [-0.15, -0.1) is 0 Å². The summed E-state index contributed by atoms with van der Waals surface area (Å²) in [6, 6.07) is 78.4. The van der Waals surface area contributed by atoms with Crippen molar-refractivity contribution in [2.24, 2.45) is 0 Å². The van der Waals surface area contributed by atoms with Gasteiger partial charge in [-0.25, -0.2) is 29.9 Å². The minimum atomic E-state index is 0.577. The average Bonchev–Trinajstić information content (AvgIpc) is 3.41. The Balaban J connectivity index is 1.05. The van der Waals surface area contributed by atoms with Crippen molar-refractivity contribution in [2.75, 3.05) is 0 Å². The number of hydrogen-bond donors (Lipinski definition) is 0. The predicted molar refractivity (Wildman–Crippen MR) is 270 cm³/mol. The molecule has 8 aromatic carbocycles. The highest BCUT2D eigenvalue weighted by Gasteiger charge is 2.20. The topological polar surface area (TPSA) is 90.2 Å². The molecule has 0 amide bonds. The maximum atomic E-state index is 5.15. The van der Waals surface area contributed by atoms with Crippen molar-refractivity contribution in [2.45, 2.75) is 6.92 Å². The first-order valence-corrected chi connectivity index (χ1v) is 22.2. The highest BCUT2D eigenvalue weighted by atomic mass is 15.0. The van der Waals surface area contributed by atoms with Gasteiger partial charge in [0.25, 0.3) is 0 Å². The molecule has 0 aliphatic rings. The summed E-state index contributed by atoms with van der Waals surface area (Å²) >= 11 is 0. The molecule has 0 radical (unpaired) electrons. The van der Waals surface area contributed by atoms with E-state index in [1.54, 1.807) is 0 Å². The van der Waals surface area contributed by atoms with E-state index in [4.69, 9.17) is 34.9 Å². The van der Waals surface area contributed by atoms with Crippen LogP contribution in [0.4, 0.5) is 0 Å². The SMILES string of the molecule is Cc1cccc(-c2ccc(-c3cccc(-c4nc(-c5ccccc5)nc(-c5cccc(-c6ccccc6)c5)n4)c3)cc2-c2ccccc2-c2nc(-c3ccccc3)nc(-c3ccccc3)n2)n1. The molecule has 3 aromatic heterocycles. The first-order chi connectivity index (χ1) is 33.1. The van der Waals surface area contributed by atoms with Crippen LogP contribution in [0.5, 0.6) is 0 Å². The Morgan fingerprint density at radius 2 is 0.582 bits per heavy atom. The summed E-state index contributed by atoms with van der Waals surface area (Å²) in [6.45, 7) is 2.02. The fourth-order valence-corrected chi connectivity index (χ4v) is 8.36. The van der Waals surface area contributed by atoms with Crippen LogP contribution < -0.4 is 0 Å². The van der Waals surface area contributed by atoms with Gasteiger partial charge in [0.2, 0.25) is 0 Å². The molecule has 11 rings (SSSR count). The molecule has 0 aliphatic carbocycles. The Morgan fingerprint density at radius 1 is 0.209 bits per heavy atom. The van der Waals surface area contributed by atoms with Crippen LogP contribution in [0.1, 0.15) is 5.69 Å². The molecule has 3 heterocycles. The Morgan fingerprint density at radius 3 is 1.09 bits per heavy atom. The van der Waals surface area contributed by atoms with Crippen LogP contribution in [-0.2, 0) is 0 Å². The summed E-state index contributed by atoms with van der Waals surface area (Å²) in [5, 5.41) is 0. The van der Waals surface area contributed by atoms with Gasteiger partial charge in [-0.2, -0.15) is 0 Å². The van der Waals surface area contributed by atoms with E-state index in [0.717, 1.165) is 83.7 Å². The van der Waals surface area contributed by atoms with Crippen molar-refractivity contribution in [3.8, 4) is 113 Å². The van der Waals surface area contributed by atoms with Crippen molar-refractivity contribution >= 4 is 0 Å². The van der Waals surface area contributed by atoms with Crippen LogP contribution in [-0.4, -0.2) is 34.9 Å². The number of aryl methyl sites for hydroxylation is 1. The molecule has 0 aliphatic heterocycles. The molecule has 7 nitrogen and oxygen atoms in total. The minimum absolute atomic E-state index is 0.577. The fourth-order valence-electron chi connectivity index (χ4n) is 8.36. The van der Waals surface area contributed by atoms with Crippen LogP contribution in [0.3, 0.4) is 0 Å². The van der Waals surface area contributed by atoms with E-state index >= 15 is 0 Å². The zero-order chi connectivity index (χ0) is 44.9. The van der Waals surface area contributed by atoms with Crippen molar-refractivity contribution in [1.82, 2.24) is 34.9 Å². The van der Waals surface area contributed by atoms with Gasteiger partial charge in [0.1, 0.15) is 0 Å². The third kappa shape index (κ3) is 8.65. The van der Waals surface area contributed by atoms with E-state index in [2.05, 4.69) is 121 Å². The number of pyridine rings is 1. The zero-order valence-electron chi connectivity index (χ0n) is 36.6. The molecular weight excluding hydrogens is 819 g/mol. The van der Waals surface area contributed by atoms with Crippen molar-refractivity contribution in [1.29, 1.82) is 0 Å². The number of aromatic nitrogens is 7. The summed E-state index contributed by atoms with van der Waals surface area (Å²) in [5.41, 5.74) is 14.4. The van der Waals surface area contributed by atoms with Gasteiger partial charge >= 0.3 is 0 Å². The maximum Gasteiger partial charge on any atom is 0.164 e. The van der Waals surface area contributed by atoms with E-state index in [1.807, 2.05) is 116 Å². The van der Waals surface area contributed by atoms with Crippen molar-refractivity contribution in [3.05, 3.63) is 236 Å². The van der Waals surface area contributed by atoms with Crippen LogP contribution in [0.2, 0.25) is 0 Å². The second kappa shape index (κ2) is 18.2. The molecule has 0 fully saturated rings. The lowest BCUT2D eigenvalue weighted by Gasteiger charge is -2.17. The Bertz CT molecular complexity index is 3470. The lowest BCUT2D eigenvalue weighted by atomic mass is 9.90. The van der Waals surface area contributed by atoms with Crippen molar-refractivity contribution in [3.63, 3.8) is 0 Å². The number of benzene rings is 8. The largest absolute Gasteiger partial charge is 0.253 e. The summed E-state index contributed by atoms with van der Waals surface area (Å²) in [5.74, 6) is 3.57. The number of rotatable bonds is 10. The van der Waals surface area contributed by atoms with Crippen LogP contribution in [0.25, 0.3) is 113 Å². The molecule has 0 N–H and O–H groups in total. The standard InChI is InChI=1S/C60H41N7/c1-40-19-16-34-54(61-40)51-36-35-47(39-53(51)50-32-14-15-33-52(50)60-66-56(43-24-10-4-11-25-43)62-57(67-60)44-26-12-5-13-27-44)46-29-18-31-49(38-46)59-64-55(42-22-8-3-9-23-42)63-58(65-59)48-30-17-28-45(37-48)41-20-6-2-7-21-41/h2-39H,1H3. The fraction of sp³-hybridized carbons (Fsp3) is 0.0167. The maximum absolute atomic E-state index is 5.15. The third-order valence-electron chi connectivity index (χ3n) is 11.7. The number of nitrogens with zero attached hydrogens (tertiary/aromatic N) is 7. The molecule has 0 unspecified atom stereocenters. The summed E-state index contributed by atoms with van der Waals surface area (Å²) in [7, 11) is 0. The van der Waals surface area contributed by atoms with Gasteiger partial charge in [-0.05, 0) is 70.6 Å². The van der Waals surface area contributed by atoms with E-state index in [0.29, 0.717) is 34.9 Å². The van der Waals surface area contributed by atoms with Crippen LogP contribution in [0, 0.1) is 6.92 Å². The normalized spacial score (nSPS) is 11.1. The molecule has 0 spiro atoms. The molecule has 316 valence electrons. The minimum Gasteiger partial charge on any atom is -0.253 e. The van der Waals surface area contributed by atoms with Gasteiger partial charge in [0.05, 0.1) is 5.69 Å². The lowest BCUT2D eigenvalue weighted by molar-refractivity contribution is 1.07. The Hall–Kier alpha value is -9.07. The Labute approximate surface area is 389 Å². The lowest BCUT2D eigenvalue weighted by Crippen LogP contribution is -2.01. The van der Waals surface area contributed by atoms with E-state index in [-0.39, 0.29) is 0 Å². The van der Waals surface area contributed by atoms with Crippen LogP contribution in [0.15, 0.2) is 231 Å². The van der Waals surface area contributed by atoms with Gasteiger partial charge in [0, 0.05) is 44.6 Å². The smallest absolute Gasteiger partial charge is 0.164 e. The van der Waals surface area contributed by atoms with Gasteiger partial charge in [-0.3, -0.25) is 4.98 Å².